The topological polar surface area (TPSA) is 101 Å². The number of hydrogen-bond acceptors (Lipinski definition) is 6. The number of carbonyl (C=O) groups is 2. The van der Waals surface area contributed by atoms with Crippen LogP contribution in [0.4, 0.5) is 0 Å². The number of pyridine rings is 1. The van der Waals surface area contributed by atoms with Crippen LogP contribution in [0.1, 0.15) is 17.4 Å². The zero-order chi connectivity index (χ0) is 13.5. The summed E-state index contributed by atoms with van der Waals surface area (Å²) in [4.78, 5) is 26.7. The Labute approximate surface area is 107 Å². The summed E-state index contributed by atoms with van der Waals surface area (Å²) in [6.07, 6.45) is 1.36. The fourth-order valence-corrected chi connectivity index (χ4v) is 1.24. The number of amides is 1. The molecular formula is C10H10ClN3O4. The van der Waals surface area contributed by atoms with Crippen LogP contribution in [-0.4, -0.2) is 34.5 Å². The zero-order valence-electron chi connectivity index (χ0n) is 9.38. The molecule has 0 unspecified atom stereocenters. The largest absolute Gasteiger partial charge is 0.460 e. The lowest BCUT2D eigenvalue weighted by Gasteiger charge is -2.06. The number of carbonyl (C=O) groups excluding carboxylic acids is 2. The van der Waals surface area contributed by atoms with Crippen LogP contribution in [0, 0.1) is 0 Å². The van der Waals surface area contributed by atoms with Crippen LogP contribution < -0.4 is 5.32 Å². The molecule has 0 saturated heterocycles. The first-order chi connectivity index (χ1) is 8.60. The minimum atomic E-state index is -0.958. The van der Waals surface area contributed by atoms with E-state index in [1.807, 2.05) is 5.32 Å². The van der Waals surface area contributed by atoms with Gasteiger partial charge in [-0.3, -0.25) is 10.1 Å². The molecule has 0 radical (unpaired) electrons. The Morgan fingerprint density at radius 3 is 2.89 bits per heavy atom. The van der Waals surface area contributed by atoms with Crippen LogP contribution in [0.2, 0.25) is 5.02 Å². The number of halogens is 1. The van der Waals surface area contributed by atoms with Crippen LogP contribution in [0.25, 0.3) is 0 Å². The Bertz CT molecular complexity index is 490. The summed E-state index contributed by atoms with van der Waals surface area (Å²) in [7, 11) is 0. The van der Waals surface area contributed by atoms with Gasteiger partial charge in [-0.05, 0) is 19.1 Å². The minimum Gasteiger partial charge on any atom is -0.460 e. The zero-order valence-corrected chi connectivity index (χ0v) is 10.1. The number of oxime groups is 1. The first-order valence-electron chi connectivity index (χ1n) is 4.91. The lowest BCUT2D eigenvalue weighted by atomic mass is 10.3. The maximum Gasteiger partial charge on any atom is 0.377 e. The first-order valence-corrected chi connectivity index (χ1v) is 5.29. The molecule has 1 heterocycles. The average Bonchev–Trinajstić information content (AvgIpc) is 2.36. The Hall–Kier alpha value is -2.15. The standard InChI is InChI=1S/C10H10ClN3O4/c1-2-18-10(16)8(14-17)13-9(15)7-6(11)4-3-5-12-7/h3-5,17H,2H2,1H3,(H,13,14,15). The van der Waals surface area contributed by atoms with Gasteiger partial charge in [-0.1, -0.05) is 16.8 Å². The third-order valence-corrected chi connectivity index (χ3v) is 2.08. The number of hydrogen-bond donors (Lipinski definition) is 2. The van der Waals surface area contributed by atoms with Gasteiger partial charge in [0.05, 0.1) is 11.6 Å². The van der Waals surface area contributed by atoms with Crippen LogP contribution in [-0.2, 0) is 9.53 Å². The third kappa shape index (κ3) is 3.42. The highest BCUT2D eigenvalue weighted by atomic mass is 35.5. The van der Waals surface area contributed by atoms with Crippen molar-refractivity contribution in [2.75, 3.05) is 6.61 Å². The number of amidine groups is 1. The van der Waals surface area contributed by atoms with Crippen LogP contribution in [0.5, 0.6) is 0 Å². The number of ether oxygens (including phenoxy) is 1. The monoisotopic (exact) mass is 271 g/mol. The van der Waals surface area contributed by atoms with E-state index < -0.39 is 17.7 Å². The molecule has 0 bridgehead atoms. The molecule has 0 spiro atoms. The van der Waals surface area contributed by atoms with E-state index in [1.54, 1.807) is 13.0 Å². The summed E-state index contributed by atoms with van der Waals surface area (Å²) < 4.78 is 4.56. The molecule has 96 valence electrons. The van der Waals surface area contributed by atoms with E-state index >= 15 is 0 Å². The number of nitrogens with zero attached hydrogens (tertiary/aromatic N) is 2. The number of nitrogens with one attached hydrogen (secondary N) is 1. The van der Waals surface area contributed by atoms with Gasteiger partial charge in [0.1, 0.15) is 5.69 Å². The van der Waals surface area contributed by atoms with Gasteiger partial charge in [0.15, 0.2) is 0 Å². The molecule has 2 N–H and O–H groups in total. The van der Waals surface area contributed by atoms with Crippen molar-refractivity contribution in [2.24, 2.45) is 5.16 Å². The number of esters is 1. The molecule has 0 saturated carbocycles. The highest BCUT2D eigenvalue weighted by Crippen LogP contribution is 2.11. The SMILES string of the molecule is CCOC(=O)/C(=N/O)NC(=O)c1ncccc1Cl. The molecule has 1 amide bonds. The minimum absolute atomic E-state index is 0.0814. The molecule has 0 aliphatic carbocycles. The van der Waals surface area contributed by atoms with Gasteiger partial charge in [-0.2, -0.15) is 0 Å². The lowest BCUT2D eigenvalue weighted by Crippen LogP contribution is -2.38. The van der Waals surface area contributed by atoms with E-state index in [0.29, 0.717) is 0 Å². The van der Waals surface area contributed by atoms with Crippen molar-refractivity contribution in [3.8, 4) is 0 Å². The van der Waals surface area contributed by atoms with Crippen LogP contribution >= 0.6 is 11.6 Å². The van der Waals surface area contributed by atoms with E-state index in [4.69, 9.17) is 16.8 Å². The predicted molar refractivity (Wildman–Crippen MR) is 62.6 cm³/mol. The van der Waals surface area contributed by atoms with Gasteiger partial charge in [0.25, 0.3) is 11.7 Å². The smallest absolute Gasteiger partial charge is 0.377 e. The van der Waals surface area contributed by atoms with E-state index in [-0.39, 0.29) is 17.3 Å². The fourth-order valence-electron chi connectivity index (χ4n) is 1.04. The van der Waals surface area contributed by atoms with Gasteiger partial charge in [0, 0.05) is 6.20 Å². The van der Waals surface area contributed by atoms with Crippen molar-refractivity contribution in [3.05, 3.63) is 29.0 Å². The van der Waals surface area contributed by atoms with E-state index in [0.717, 1.165) is 0 Å². The Morgan fingerprint density at radius 2 is 2.33 bits per heavy atom. The summed E-state index contributed by atoms with van der Waals surface area (Å²) in [5, 5.41) is 13.4. The molecule has 0 atom stereocenters. The van der Waals surface area contributed by atoms with Crippen molar-refractivity contribution in [1.82, 2.24) is 10.3 Å². The maximum absolute atomic E-state index is 11.7. The molecule has 18 heavy (non-hydrogen) atoms. The third-order valence-electron chi connectivity index (χ3n) is 1.77. The maximum atomic E-state index is 11.7. The highest BCUT2D eigenvalue weighted by Gasteiger charge is 2.19. The van der Waals surface area contributed by atoms with Crippen molar-refractivity contribution in [1.29, 1.82) is 0 Å². The summed E-state index contributed by atoms with van der Waals surface area (Å²) in [5.74, 6) is -2.37. The predicted octanol–water partition coefficient (Wildman–Crippen LogP) is 0.816. The molecule has 1 aromatic rings. The van der Waals surface area contributed by atoms with Gasteiger partial charge in [0.2, 0.25) is 0 Å². The Balaban J connectivity index is 2.81. The summed E-state index contributed by atoms with van der Waals surface area (Å²) in [5.41, 5.74) is -0.0929. The van der Waals surface area contributed by atoms with Crippen molar-refractivity contribution >= 4 is 29.3 Å². The summed E-state index contributed by atoms with van der Waals surface area (Å²) >= 11 is 5.74. The summed E-state index contributed by atoms with van der Waals surface area (Å²) in [6.45, 7) is 1.66. The fraction of sp³-hybridized carbons (Fsp3) is 0.200. The van der Waals surface area contributed by atoms with Crippen molar-refractivity contribution in [2.45, 2.75) is 6.92 Å². The lowest BCUT2D eigenvalue weighted by molar-refractivity contribution is -0.135. The van der Waals surface area contributed by atoms with Crippen LogP contribution in [0.15, 0.2) is 23.5 Å². The molecule has 0 aliphatic heterocycles. The Morgan fingerprint density at radius 1 is 1.61 bits per heavy atom. The molecule has 1 aromatic heterocycles. The Kier molecular flexibility index (Phi) is 5.06. The van der Waals surface area contributed by atoms with Gasteiger partial charge in [-0.25, -0.2) is 9.78 Å². The molecule has 0 aliphatic rings. The normalized spacial score (nSPS) is 10.9. The second-order valence-corrected chi connectivity index (χ2v) is 3.36. The number of aromatic nitrogens is 1. The van der Waals surface area contributed by atoms with Gasteiger partial charge >= 0.3 is 5.97 Å². The molecule has 1 rings (SSSR count). The van der Waals surface area contributed by atoms with E-state index in [9.17, 15) is 9.59 Å². The van der Waals surface area contributed by atoms with E-state index in [2.05, 4.69) is 14.9 Å². The van der Waals surface area contributed by atoms with Gasteiger partial charge in [-0.15, -0.1) is 0 Å². The first kappa shape index (κ1) is 13.9. The molecule has 7 nitrogen and oxygen atoms in total. The van der Waals surface area contributed by atoms with Crippen LogP contribution in [0.3, 0.4) is 0 Å². The average molecular weight is 272 g/mol. The summed E-state index contributed by atoms with van der Waals surface area (Å²) in [6, 6.07) is 3.01. The second kappa shape index (κ2) is 6.55. The van der Waals surface area contributed by atoms with Crippen molar-refractivity contribution in [3.63, 3.8) is 0 Å². The molecule has 0 aromatic carbocycles. The molecular weight excluding hydrogens is 262 g/mol. The highest BCUT2D eigenvalue weighted by molar-refractivity contribution is 6.40. The number of rotatable bonds is 2. The van der Waals surface area contributed by atoms with Gasteiger partial charge < -0.3 is 9.94 Å². The molecule has 8 heteroatoms. The molecule has 0 fully saturated rings. The second-order valence-electron chi connectivity index (χ2n) is 2.96. The van der Waals surface area contributed by atoms with Crippen molar-refractivity contribution < 1.29 is 19.5 Å². The quantitative estimate of drug-likeness (QED) is 0.273. The van der Waals surface area contributed by atoms with E-state index in [1.165, 1.54) is 12.3 Å².